The Morgan fingerprint density at radius 1 is 1.15 bits per heavy atom. The number of amides is 1. The number of likely N-dealkylation sites (N-methyl/N-ethyl adjacent to an activating group) is 1. The lowest BCUT2D eigenvalue weighted by Gasteiger charge is -2.33. The molecule has 3 saturated heterocycles. The predicted octanol–water partition coefficient (Wildman–Crippen LogP) is -1.32. The molecule has 0 spiro atoms. The van der Waals surface area contributed by atoms with E-state index in [1.54, 1.807) is 0 Å². The normalized spacial score (nSPS) is 37.7. The molecule has 0 aliphatic carbocycles. The molecule has 0 aromatic carbocycles. The number of piperidine rings is 1. The summed E-state index contributed by atoms with van der Waals surface area (Å²) in [5.74, 6) is 0.0680. The van der Waals surface area contributed by atoms with E-state index in [4.69, 9.17) is 0 Å². The fraction of sp³-hybridized carbons (Fsp3) is 0.864. The van der Waals surface area contributed by atoms with E-state index < -0.39 is 0 Å². The topological polar surface area (TPSA) is 120 Å². The number of hydrogen-bond acceptors (Lipinski definition) is 10. The minimum atomic E-state index is -0.0289. The van der Waals surface area contributed by atoms with Gasteiger partial charge in [-0.15, -0.1) is 0 Å². The Bertz CT molecular complexity index is 739. The van der Waals surface area contributed by atoms with Crippen molar-refractivity contribution in [3.05, 3.63) is 11.6 Å². The molecule has 1 amide bonds. The number of nitrogens with one attached hydrogen (secondary N) is 6. The summed E-state index contributed by atoms with van der Waals surface area (Å²) < 4.78 is 0. The van der Waals surface area contributed by atoms with Crippen LogP contribution in [0.5, 0.6) is 0 Å². The van der Waals surface area contributed by atoms with E-state index in [2.05, 4.69) is 59.0 Å². The number of carbonyl (C=O) groups excluding carboxylic acids is 1. The highest BCUT2D eigenvalue weighted by molar-refractivity contribution is 5.93. The fourth-order valence-electron chi connectivity index (χ4n) is 5.71. The average Bonchev–Trinajstić information content (AvgIpc) is 3.45. The van der Waals surface area contributed by atoms with Crippen LogP contribution < -0.4 is 31.9 Å². The van der Waals surface area contributed by atoms with E-state index in [0.29, 0.717) is 31.3 Å². The molecular formula is C22H40N10O. The number of fused-ring (bicyclic) bond motifs is 1. The van der Waals surface area contributed by atoms with Crippen molar-refractivity contribution in [2.45, 2.75) is 68.9 Å². The largest absolute Gasteiger partial charge is 0.351 e. The number of hydrogen-bond donors (Lipinski definition) is 6. The predicted molar refractivity (Wildman–Crippen MR) is 126 cm³/mol. The Hall–Kier alpha value is -1.47. The third-order valence-corrected chi connectivity index (χ3v) is 7.73. The van der Waals surface area contributed by atoms with Gasteiger partial charge in [0.25, 0.3) is 0 Å². The second kappa shape index (κ2) is 10.9. The first-order chi connectivity index (χ1) is 16.2. The summed E-state index contributed by atoms with van der Waals surface area (Å²) >= 11 is 0. The highest BCUT2D eigenvalue weighted by Gasteiger charge is 2.36. The third kappa shape index (κ3) is 5.45. The minimum Gasteiger partial charge on any atom is -0.351 e. The van der Waals surface area contributed by atoms with Crippen LogP contribution in [0.1, 0.15) is 32.1 Å². The Labute approximate surface area is 196 Å². The lowest BCUT2D eigenvalue weighted by atomic mass is 10.1. The van der Waals surface area contributed by atoms with E-state index in [9.17, 15) is 4.79 Å². The zero-order valence-electron chi connectivity index (χ0n) is 19.7. The van der Waals surface area contributed by atoms with Crippen molar-refractivity contribution in [1.82, 2.24) is 41.7 Å². The minimum absolute atomic E-state index is 0.00782. The van der Waals surface area contributed by atoms with Crippen LogP contribution in [0.15, 0.2) is 21.9 Å². The first kappa shape index (κ1) is 23.3. The number of carbonyl (C=O) groups is 1. The third-order valence-electron chi connectivity index (χ3n) is 7.73. The maximum Gasteiger partial charge on any atom is 0.247 e. The number of azo groups is 1. The Kier molecular flexibility index (Phi) is 7.66. The molecule has 0 saturated carbocycles. The van der Waals surface area contributed by atoms with Crippen molar-refractivity contribution in [2.24, 2.45) is 10.2 Å². The lowest BCUT2D eigenvalue weighted by molar-refractivity contribution is -0.118. The molecule has 5 aliphatic rings. The molecule has 11 nitrogen and oxygen atoms in total. The summed E-state index contributed by atoms with van der Waals surface area (Å²) in [6.07, 6.45) is 8.19. The smallest absolute Gasteiger partial charge is 0.247 e. The molecule has 0 aromatic heterocycles. The lowest BCUT2D eigenvalue weighted by Crippen LogP contribution is -2.56. The average molecular weight is 461 g/mol. The van der Waals surface area contributed by atoms with Crippen LogP contribution in [0.25, 0.3) is 0 Å². The van der Waals surface area contributed by atoms with E-state index in [1.165, 1.54) is 19.3 Å². The zero-order valence-corrected chi connectivity index (χ0v) is 19.7. The van der Waals surface area contributed by atoms with Gasteiger partial charge in [0.15, 0.2) is 0 Å². The first-order valence-corrected chi connectivity index (χ1v) is 12.7. The van der Waals surface area contributed by atoms with Crippen LogP contribution in [-0.4, -0.2) is 105 Å². The van der Waals surface area contributed by atoms with Gasteiger partial charge in [-0.1, -0.05) is 0 Å². The highest BCUT2D eigenvalue weighted by atomic mass is 16.1. The Morgan fingerprint density at radius 3 is 2.97 bits per heavy atom. The van der Waals surface area contributed by atoms with Crippen molar-refractivity contribution in [1.29, 1.82) is 0 Å². The second-order valence-electron chi connectivity index (χ2n) is 9.87. The molecule has 5 aliphatic heterocycles. The van der Waals surface area contributed by atoms with Crippen molar-refractivity contribution in [3.63, 3.8) is 0 Å². The summed E-state index contributed by atoms with van der Waals surface area (Å²) in [6.45, 7) is 6.13. The fourth-order valence-corrected chi connectivity index (χ4v) is 5.71. The quantitative estimate of drug-likeness (QED) is 0.277. The monoisotopic (exact) mass is 460 g/mol. The molecule has 5 heterocycles. The van der Waals surface area contributed by atoms with E-state index in [-0.39, 0.29) is 24.4 Å². The SMILES string of the molecule is CN1C(CNC2C=C(C(=O)NCC3CNC4CCCCN34)CCN2)N=NC1C1CCNCN1. The van der Waals surface area contributed by atoms with Gasteiger partial charge in [-0.05, 0) is 51.8 Å². The van der Waals surface area contributed by atoms with Gasteiger partial charge in [0.2, 0.25) is 5.91 Å². The molecular weight excluding hydrogens is 420 g/mol. The first-order valence-electron chi connectivity index (χ1n) is 12.7. The summed E-state index contributed by atoms with van der Waals surface area (Å²) in [4.78, 5) is 17.6. The second-order valence-corrected chi connectivity index (χ2v) is 9.87. The van der Waals surface area contributed by atoms with E-state index in [1.807, 2.05) is 6.08 Å². The van der Waals surface area contributed by atoms with Gasteiger partial charge in [-0.25, -0.2) is 0 Å². The van der Waals surface area contributed by atoms with Crippen LogP contribution in [0, 0.1) is 0 Å². The number of rotatable bonds is 7. The molecule has 0 radical (unpaired) electrons. The van der Waals surface area contributed by atoms with Crippen molar-refractivity contribution >= 4 is 5.91 Å². The van der Waals surface area contributed by atoms with Gasteiger partial charge in [-0.2, -0.15) is 10.2 Å². The van der Waals surface area contributed by atoms with Gasteiger partial charge in [0.1, 0.15) is 12.3 Å². The van der Waals surface area contributed by atoms with Crippen molar-refractivity contribution in [2.75, 3.05) is 53.0 Å². The number of nitrogens with zero attached hydrogens (tertiary/aromatic N) is 4. The standard InChI is InChI=1S/C22H40N10O/c1-31-20(29-30-21(31)17-6-7-23-14-28-17)13-25-18-10-15(5-8-24-18)22(33)27-12-16-11-26-19-4-2-3-9-32(16)19/h10,16-21,23-26,28H,2-9,11-14H2,1H3,(H,27,33). The van der Waals surface area contributed by atoms with Crippen LogP contribution in [0.2, 0.25) is 0 Å². The summed E-state index contributed by atoms with van der Waals surface area (Å²) in [7, 11) is 2.09. The van der Waals surface area contributed by atoms with Gasteiger partial charge >= 0.3 is 0 Å². The van der Waals surface area contributed by atoms with Gasteiger partial charge < -0.3 is 16.0 Å². The molecule has 6 unspecified atom stereocenters. The van der Waals surface area contributed by atoms with Crippen LogP contribution in [0.3, 0.4) is 0 Å². The summed E-state index contributed by atoms with van der Waals surface area (Å²) in [6, 6.07) is 0.740. The van der Waals surface area contributed by atoms with Crippen LogP contribution in [-0.2, 0) is 4.79 Å². The summed E-state index contributed by atoms with van der Waals surface area (Å²) in [5, 5.41) is 29.6. The molecule has 0 aromatic rings. The Morgan fingerprint density at radius 2 is 2.09 bits per heavy atom. The van der Waals surface area contributed by atoms with Crippen molar-refractivity contribution in [3.8, 4) is 0 Å². The molecule has 6 N–H and O–H groups in total. The van der Waals surface area contributed by atoms with Gasteiger partial charge in [-0.3, -0.25) is 30.5 Å². The van der Waals surface area contributed by atoms with Gasteiger partial charge in [0.05, 0.1) is 12.3 Å². The maximum atomic E-state index is 12.9. The molecule has 5 rings (SSSR count). The molecule has 6 atom stereocenters. The highest BCUT2D eigenvalue weighted by Crippen LogP contribution is 2.22. The maximum absolute atomic E-state index is 12.9. The Balaban J connectivity index is 1.08. The van der Waals surface area contributed by atoms with E-state index >= 15 is 0 Å². The van der Waals surface area contributed by atoms with Crippen LogP contribution >= 0.6 is 0 Å². The summed E-state index contributed by atoms with van der Waals surface area (Å²) in [5.41, 5.74) is 0.866. The molecule has 33 heavy (non-hydrogen) atoms. The van der Waals surface area contributed by atoms with E-state index in [0.717, 1.165) is 51.3 Å². The zero-order chi connectivity index (χ0) is 22.6. The molecule has 0 bridgehead atoms. The van der Waals surface area contributed by atoms with Gasteiger partial charge in [0, 0.05) is 57.0 Å². The molecule has 3 fully saturated rings. The van der Waals surface area contributed by atoms with Crippen LogP contribution in [0.4, 0.5) is 0 Å². The molecule has 184 valence electrons. The van der Waals surface area contributed by atoms with Crippen molar-refractivity contribution < 1.29 is 4.79 Å². The molecule has 11 heteroatoms.